The van der Waals surface area contributed by atoms with Crippen LogP contribution in [-0.2, 0) is 11.3 Å². The maximum atomic E-state index is 9.23. The molecule has 1 aromatic carbocycles. The van der Waals surface area contributed by atoms with Gasteiger partial charge in [-0.1, -0.05) is 42.5 Å². The van der Waals surface area contributed by atoms with Crippen LogP contribution in [0.15, 0.2) is 42.5 Å². The number of benzene rings is 1. The maximum Gasteiger partial charge on any atom is 0.0789 e. The quantitative estimate of drug-likeness (QED) is 0.737. The largest absolute Gasteiger partial charge is 0.389 e. The van der Waals surface area contributed by atoms with E-state index in [-0.39, 0.29) is 12.2 Å². The fraction of sp³-hybridized carbons (Fsp3) is 0.333. The van der Waals surface area contributed by atoms with E-state index in [1.807, 2.05) is 36.4 Å². The molecule has 0 unspecified atom stereocenters. The molecule has 1 aliphatic rings. The lowest BCUT2D eigenvalue weighted by Crippen LogP contribution is -2.10. The van der Waals surface area contributed by atoms with E-state index in [1.165, 1.54) is 5.56 Å². The lowest BCUT2D eigenvalue weighted by atomic mass is 10.2. The van der Waals surface area contributed by atoms with Crippen molar-refractivity contribution in [3.05, 3.63) is 48.0 Å². The molecule has 1 N–H and O–H groups in total. The van der Waals surface area contributed by atoms with Crippen molar-refractivity contribution < 1.29 is 9.84 Å². The van der Waals surface area contributed by atoms with E-state index in [9.17, 15) is 5.11 Å². The molecule has 0 radical (unpaired) electrons. The summed E-state index contributed by atoms with van der Waals surface area (Å²) in [5.41, 5.74) is 1.17. The number of aliphatic hydroxyl groups is 1. The molecule has 74 valence electrons. The van der Waals surface area contributed by atoms with Gasteiger partial charge in [0.25, 0.3) is 0 Å². The van der Waals surface area contributed by atoms with Crippen LogP contribution in [-0.4, -0.2) is 17.3 Å². The summed E-state index contributed by atoms with van der Waals surface area (Å²) in [5, 5.41) is 9.23. The average Bonchev–Trinajstić information content (AvgIpc) is 2.63. The molecular weight excluding hydrogens is 176 g/mol. The predicted octanol–water partition coefficient (Wildman–Crippen LogP) is 1.89. The Morgan fingerprint density at radius 3 is 2.64 bits per heavy atom. The van der Waals surface area contributed by atoms with Gasteiger partial charge in [-0.25, -0.2) is 0 Å². The number of hydrogen-bond donors (Lipinski definition) is 1. The molecule has 0 fully saturated rings. The van der Waals surface area contributed by atoms with Crippen molar-refractivity contribution in [3.8, 4) is 0 Å². The van der Waals surface area contributed by atoms with Crippen LogP contribution in [0.3, 0.4) is 0 Å². The summed E-state index contributed by atoms with van der Waals surface area (Å²) in [6.45, 7) is 0.614. The Kier molecular flexibility index (Phi) is 2.96. The zero-order valence-electron chi connectivity index (χ0n) is 7.97. The number of rotatable bonds is 3. The molecule has 0 amide bonds. The van der Waals surface area contributed by atoms with Crippen LogP contribution in [0.25, 0.3) is 0 Å². The van der Waals surface area contributed by atoms with Gasteiger partial charge in [-0.15, -0.1) is 0 Å². The molecule has 0 heterocycles. The van der Waals surface area contributed by atoms with E-state index < -0.39 is 0 Å². The first-order valence-corrected chi connectivity index (χ1v) is 4.86. The third-order valence-electron chi connectivity index (χ3n) is 2.33. The van der Waals surface area contributed by atoms with Crippen LogP contribution >= 0.6 is 0 Å². The van der Waals surface area contributed by atoms with Gasteiger partial charge in [0.15, 0.2) is 0 Å². The highest BCUT2D eigenvalue weighted by Gasteiger charge is 2.16. The minimum absolute atomic E-state index is 0.0743. The second-order valence-electron chi connectivity index (χ2n) is 3.52. The molecule has 0 aromatic heterocycles. The molecule has 0 spiro atoms. The molecule has 14 heavy (non-hydrogen) atoms. The average molecular weight is 190 g/mol. The van der Waals surface area contributed by atoms with Crippen molar-refractivity contribution in [2.24, 2.45) is 0 Å². The number of aliphatic hydroxyl groups excluding tert-OH is 1. The molecule has 0 saturated carbocycles. The molecule has 2 nitrogen and oxygen atoms in total. The van der Waals surface area contributed by atoms with Gasteiger partial charge in [-0.3, -0.25) is 0 Å². The van der Waals surface area contributed by atoms with E-state index in [0.717, 1.165) is 0 Å². The number of ether oxygens (including phenoxy) is 1. The van der Waals surface area contributed by atoms with Crippen molar-refractivity contribution >= 4 is 0 Å². The first-order valence-electron chi connectivity index (χ1n) is 4.86. The zero-order valence-corrected chi connectivity index (χ0v) is 7.97. The second kappa shape index (κ2) is 4.40. The van der Waals surface area contributed by atoms with Crippen LogP contribution in [0.2, 0.25) is 0 Å². The molecule has 0 bridgehead atoms. The normalized spacial score (nSPS) is 25.5. The SMILES string of the molecule is O[C@@H]1C=C[C@H](OCc2ccccc2)C1. The van der Waals surface area contributed by atoms with E-state index in [0.29, 0.717) is 13.0 Å². The zero-order chi connectivity index (χ0) is 9.80. The molecule has 0 saturated heterocycles. The Labute approximate surface area is 83.8 Å². The summed E-state index contributed by atoms with van der Waals surface area (Å²) in [4.78, 5) is 0. The lowest BCUT2D eigenvalue weighted by Gasteiger charge is -2.10. The first kappa shape index (κ1) is 9.44. The predicted molar refractivity (Wildman–Crippen MR) is 54.8 cm³/mol. The Morgan fingerprint density at radius 1 is 1.21 bits per heavy atom. The van der Waals surface area contributed by atoms with Gasteiger partial charge in [0.2, 0.25) is 0 Å². The smallest absolute Gasteiger partial charge is 0.0789 e. The summed E-state index contributed by atoms with van der Waals surface area (Å²) in [6, 6.07) is 10.1. The van der Waals surface area contributed by atoms with Gasteiger partial charge in [-0.2, -0.15) is 0 Å². The van der Waals surface area contributed by atoms with E-state index in [4.69, 9.17) is 4.74 Å². The minimum Gasteiger partial charge on any atom is -0.389 e. The fourth-order valence-corrected chi connectivity index (χ4v) is 1.55. The molecule has 2 atom stereocenters. The highest BCUT2D eigenvalue weighted by Crippen LogP contribution is 2.15. The van der Waals surface area contributed by atoms with Crippen LogP contribution in [0.5, 0.6) is 0 Å². The van der Waals surface area contributed by atoms with Crippen molar-refractivity contribution in [1.82, 2.24) is 0 Å². The Morgan fingerprint density at radius 2 is 2.00 bits per heavy atom. The van der Waals surface area contributed by atoms with Gasteiger partial charge < -0.3 is 9.84 Å². The highest BCUT2D eigenvalue weighted by atomic mass is 16.5. The van der Waals surface area contributed by atoms with Crippen LogP contribution in [0, 0.1) is 0 Å². The Bertz CT molecular complexity index is 305. The van der Waals surface area contributed by atoms with Crippen LogP contribution in [0.1, 0.15) is 12.0 Å². The van der Waals surface area contributed by atoms with Crippen molar-refractivity contribution in [3.63, 3.8) is 0 Å². The van der Waals surface area contributed by atoms with Gasteiger partial charge >= 0.3 is 0 Å². The van der Waals surface area contributed by atoms with E-state index >= 15 is 0 Å². The molecule has 0 aliphatic heterocycles. The fourth-order valence-electron chi connectivity index (χ4n) is 1.55. The van der Waals surface area contributed by atoms with Gasteiger partial charge in [0, 0.05) is 6.42 Å². The molecule has 2 heteroatoms. The van der Waals surface area contributed by atoms with Crippen LogP contribution in [0.4, 0.5) is 0 Å². The minimum atomic E-state index is -0.323. The number of hydrogen-bond acceptors (Lipinski definition) is 2. The summed E-state index contributed by atoms with van der Waals surface area (Å²) < 4.78 is 5.61. The highest BCUT2D eigenvalue weighted by molar-refractivity contribution is 5.14. The maximum absolute atomic E-state index is 9.23. The van der Waals surface area contributed by atoms with Crippen LogP contribution < -0.4 is 0 Å². The lowest BCUT2D eigenvalue weighted by molar-refractivity contribution is 0.0528. The van der Waals surface area contributed by atoms with Crippen molar-refractivity contribution in [2.75, 3.05) is 0 Å². The van der Waals surface area contributed by atoms with Gasteiger partial charge in [0.1, 0.15) is 0 Å². The molecule has 2 rings (SSSR count). The van der Waals surface area contributed by atoms with Crippen molar-refractivity contribution in [2.45, 2.75) is 25.2 Å². The topological polar surface area (TPSA) is 29.5 Å². The monoisotopic (exact) mass is 190 g/mol. The Balaban J connectivity index is 1.81. The first-order chi connectivity index (χ1) is 6.84. The standard InChI is InChI=1S/C12H14O2/c13-11-6-7-12(8-11)14-9-10-4-2-1-3-5-10/h1-7,11-13H,8-9H2/t11-,12+/m1/s1. The van der Waals surface area contributed by atoms with E-state index in [1.54, 1.807) is 6.08 Å². The van der Waals surface area contributed by atoms with Crippen molar-refractivity contribution in [1.29, 1.82) is 0 Å². The summed E-state index contributed by atoms with van der Waals surface area (Å²) >= 11 is 0. The second-order valence-corrected chi connectivity index (χ2v) is 3.52. The third-order valence-corrected chi connectivity index (χ3v) is 2.33. The Hall–Kier alpha value is -1.12. The summed E-state index contributed by atoms with van der Waals surface area (Å²) in [6.07, 6.45) is 4.15. The third kappa shape index (κ3) is 2.44. The van der Waals surface area contributed by atoms with E-state index in [2.05, 4.69) is 0 Å². The molecule has 1 aliphatic carbocycles. The molecular formula is C12H14O2. The van der Waals surface area contributed by atoms with Gasteiger partial charge in [-0.05, 0) is 5.56 Å². The summed E-state index contributed by atoms with van der Waals surface area (Å²) in [7, 11) is 0. The van der Waals surface area contributed by atoms with Gasteiger partial charge in [0.05, 0.1) is 18.8 Å². The summed E-state index contributed by atoms with van der Waals surface area (Å²) in [5.74, 6) is 0. The molecule has 1 aromatic rings.